The molecule has 4 heteroatoms. The van der Waals surface area contributed by atoms with E-state index in [1.807, 2.05) is 12.1 Å². The van der Waals surface area contributed by atoms with E-state index in [1.165, 1.54) is 16.6 Å². The van der Waals surface area contributed by atoms with Crippen molar-refractivity contribution >= 4 is 33.6 Å². The molecule has 0 bridgehead atoms. The first-order valence-corrected chi connectivity index (χ1v) is 5.65. The quantitative estimate of drug-likeness (QED) is 0.514. The molecule has 2 heterocycles. The Balaban J connectivity index is 2.29. The van der Waals surface area contributed by atoms with Gasteiger partial charge in [0.1, 0.15) is 7.85 Å². The van der Waals surface area contributed by atoms with Gasteiger partial charge in [0.15, 0.2) is 0 Å². The Morgan fingerprint density at radius 2 is 2.27 bits per heavy atom. The fraction of sp³-hybridized carbons (Fsp3) is 0.273. The number of rotatable bonds is 0. The second kappa shape index (κ2) is 3.36. The van der Waals surface area contributed by atoms with Crippen LogP contribution in [0, 0.1) is 0 Å². The number of benzene rings is 1. The van der Waals surface area contributed by atoms with Crippen LogP contribution in [0.3, 0.4) is 0 Å². The third-order valence-corrected chi connectivity index (χ3v) is 3.51. The Hall–Kier alpha value is -0.785. The van der Waals surface area contributed by atoms with Gasteiger partial charge in [-0.2, -0.15) is 0 Å². The van der Waals surface area contributed by atoms with Gasteiger partial charge in [-0.05, 0) is 5.56 Å². The summed E-state index contributed by atoms with van der Waals surface area (Å²) < 4.78 is 2.26. The van der Waals surface area contributed by atoms with Crippen LogP contribution in [-0.4, -0.2) is 24.0 Å². The van der Waals surface area contributed by atoms with Gasteiger partial charge in [0.05, 0.1) is 0 Å². The normalized spacial score (nSPS) is 16.9. The largest absolute Gasteiger partial charge is 0.359 e. The average Bonchev–Trinajstić information content (AvgIpc) is 2.58. The van der Waals surface area contributed by atoms with E-state index in [1.54, 1.807) is 0 Å². The van der Waals surface area contributed by atoms with Crippen LogP contribution in [0.4, 0.5) is 0 Å². The van der Waals surface area contributed by atoms with Gasteiger partial charge in [0, 0.05) is 36.1 Å². The van der Waals surface area contributed by atoms with Gasteiger partial charge in [-0.25, -0.2) is 0 Å². The standard InChI is InChI=1S/C11H12BN2P/c12-9-3-1-2-7-8-6-14(15)5-4-10(8)13-11(7)9/h1-3,13H,4-6,15H2. The molecule has 2 aromatic rings. The fourth-order valence-corrected chi connectivity index (χ4v) is 2.59. The third-order valence-electron chi connectivity index (χ3n) is 3.07. The highest BCUT2D eigenvalue weighted by molar-refractivity contribution is 7.13. The number of aromatic nitrogens is 1. The Kier molecular flexibility index (Phi) is 2.12. The lowest BCUT2D eigenvalue weighted by Gasteiger charge is -2.21. The zero-order valence-electron chi connectivity index (χ0n) is 8.46. The Bertz CT molecular complexity index is 521. The lowest BCUT2D eigenvalue weighted by molar-refractivity contribution is 0.443. The van der Waals surface area contributed by atoms with Crippen molar-refractivity contribution in [2.24, 2.45) is 0 Å². The Labute approximate surface area is 92.7 Å². The molecule has 0 saturated carbocycles. The SMILES string of the molecule is [B]c1cccc2c3c([nH]c12)CCN(P)C3. The predicted molar refractivity (Wildman–Crippen MR) is 67.5 cm³/mol. The summed E-state index contributed by atoms with van der Waals surface area (Å²) in [5.74, 6) is 0. The van der Waals surface area contributed by atoms with E-state index < -0.39 is 0 Å². The Morgan fingerprint density at radius 3 is 3.13 bits per heavy atom. The summed E-state index contributed by atoms with van der Waals surface area (Å²) in [6.07, 6.45) is 1.08. The monoisotopic (exact) mass is 214 g/mol. The molecule has 1 aromatic heterocycles. The van der Waals surface area contributed by atoms with Gasteiger partial charge in [-0.1, -0.05) is 33.1 Å². The number of fused-ring (bicyclic) bond motifs is 3. The molecule has 2 radical (unpaired) electrons. The molecular weight excluding hydrogens is 202 g/mol. The van der Waals surface area contributed by atoms with E-state index in [2.05, 4.69) is 25.1 Å². The molecule has 1 atom stereocenters. The minimum Gasteiger partial charge on any atom is -0.359 e. The van der Waals surface area contributed by atoms with E-state index >= 15 is 0 Å². The summed E-state index contributed by atoms with van der Waals surface area (Å²) in [5, 5.41) is 1.28. The van der Waals surface area contributed by atoms with Crippen LogP contribution < -0.4 is 5.46 Å². The van der Waals surface area contributed by atoms with Crippen molar-refractivity contribution < 1.29 is 0 Å². The summed E-state index contributed by atoms with van der Waals surface area (Å²) >= 11 is 0. The van der Waals surface area contributed by atoms with E-state index in [-0.39, 0.29) is 0 Å². The number of para-hydroxylation sites is 1. The maximum atomic E-state index is 5.95. The van der Waals surface area contributed by atoms with Crippen molar-refractivity contribution in [3.05, 3.63) is 29.5 Å². The second-order valence-electron chi connectivity index (χ2n) is 4.07. The number of hydrogen-bond acceptors (Lipinski definition) is 1. The van der Waals surface area contributed by atoms with Crippen molar-refractivity contribution in [3.8, 4) is 0 Å². The average molecular weight is 214 g/mol. The molecule has 1 aliphatic rings. The third kappa shape index (κ3) is 1.42. The van der Waals surface area contributed by atoms with Crippen molar-refractivity contribution in [1.29, 1.82) is 0 Å². The Morgan fingerprint density at radius 1 is 1.40 bits per heavy atom. The molecule has 1 aliphatic heterocycles. The molecule has 1 aromatic carbocycles. The first-order valence-electron chi connectivity index (χ1n) is 5.13. The van der Waals surface area contributed by atoms with Gasteiger partial charge in [0.2, 0.25) is 0 Å². The topological polar surface area (TPSA) is 19.0 Å². The summed E-state index contributed by atoms with van der Waals surface area (Å²) in [5.41, 5.74) is 4.69. The van der Waals surface area contributed by atoms with Crippen LogP contribution in [0.25, 0.3) is 10.9 Å². The second-order valence-corrected chi connectivity index (χ2v) is 4.80. The zero-order chi connectivity index (χ0) is 10.4. The summed E-state index contributed by atoms with van der Waals surface area (Å²) in [7, 11) is 8.72. The number of H-pyrrole nitrogens is 1. The molecule has 74 valence electrons. The smallest absolute Gasteiger partial charge is 0.116 e. The van der Waals surface area contributed by atoms with Crippen LogP contribution in [0.1, 0.15) is 11.3 Å². The maximum absolute atomic E-state index is 5.95. The highest BCUT2D eigenvalue weighted by Gasteiger charge is 2.18. The van der Waals surface area contributed by atoms with Crippen molar-refractivity contribution in [1.82, 2.24) is 9.65 Å². The van der Waals surface area contributed by atoms with Gasteiger partial charge in [0.25, 0.3) is 0 Å². The molecule has 0 saturated heterocycles. The highest BCUT2D eigenvalue weighted by Crippen LogP contribution is 2.27. The number of nitrogens with one attached hydrogen (secondary N) is 1. The molecule has 0 aliphatic carbocycles. The zero-order valence-corrected chi connectivity index (χ0v) is 9.61. The van der Waals surface area contributed by atoms with Crippen LogP contribution >= 0.6 is 9.39 Å². The minimum absolute atomic E-state index is 0.845. The van der Waals surface area contributed by atoms with Crippen molar-refractivity contribution in [3.63, 3.8) is 0 Å². The molecule has 15 heavy (non-hydrogen) atoms. The van der Waals surface area contributed by atoms with E-state index in [0.29, 0.717) is 0 Å². The summed E-state index contributed by atoms with van der Waals surface area (Å²) in [4.78, 5) is 3.44. The van der Waals surface area contributed by atoms with Crippen molar-refractivity contribution in [2.45, 2.75) is 13.0 Å². The molecular formula is C11H12BN2P. The van der Waals surface area contributed by atoms with Crippen LogP contribution in [-0.2, 0) is 13.0 Å². The van der Waals surface area contributed by atoms with Crippen LogP contribution in [0.5, 0.6) is 0 Å². The lowest BCUT2D eigenvalue weighted by atomic mass is 9.93. The molecule has 0 fully saturated rings. The lowest BCUT2D eigenvalue weighted by Crippen LogP contribution is -2.20. The van der Waals surface area contributed by atoms with Gasteiger partial charge >= 0.3 is 0 Å². The molecule has 0 amide bonds. The van der Waals surface area contributed by atoms with Crippen molar-refractivity contribution in [2.75, 3.05) is 6.54 Å². The van der Waals surface area contributed by atoms with Gasteiger partial charge < -0.3 is 4.98 Å². The number of hydrogen-bond donors (Lipinski definition) is 1. The van der Waals surface area contributed by atoms with Crippen LogP contribution in [0.15, 0.2) is 18.2 Å². The van der Waals surface area contributed by atoms with Gasteiger partial charge in [-0.15, -0.1) is 0 Å². The molecule has 1 unspecified atom stereocenters. The predicted octanol–water partition coefficient (Wildman–Crippen LogP) is 1.11. The van der Waals surface area contributed by atoms with E-state index in [9.17, 15) is 0 Å². The maximum Gasteiger partial charge on any atom is 0.116 e. The van der Waals surface area contributed by atoms with Gasteiger partial charge in [-0.3, -0.25) is 4.67 Å². The van der Waals surface area contributed by atoms with Crippen LogP contribution in [0.2, 0.25) is 0 Å². The molecule has 0 spiro atoms. The number of nitrogens with zero attached hydrogens (tertiary/aromatic N) is 1. The summed E-state index contributed by atoms with van der Waals surface area (Å²) in [6, 6.07) is 6.11. The highest BCUT2D eigenvalue weighted by atomic mass is 31.0. The minimum atomic E-state index is 0.845. The van der Waals surface area contributed by atoms with E-state index in [0.717, 1.165) is 30.5 Å². The molecule has 2 nitrogen and oxygen atoms in total. The van der Waals surface area contributed by atoms with E-state index in [4.69, 9.17) is 7.85 Å². The summed E-state index contributed by atoms with van der Waals surface area (Å²) in [6.45, 7) is 2.08. The first-order chi connectivity index (χ1) is 7.25. The molecule has 3 rings (SSSR count). The first kappa shape index (κ1) is 9.44. The fourth-order valence-electron chi connectivity index (χ4n) is 2.28. The molecule has 1 N–H and O–H groups in total. The number of aromatic amines is 1.